The fourth-order valence-electron chi connectivity index (χ4n) is 2.88. The fraction of sp³-hybridized carbons (Fsp3) is 0.533. The summed E-state index contributed by atoms with van der Waals surface area (Å²) in [4.78, 5) is 19.5. The van der Waals surface area contributed by atoms with Gasteiger partial charge in [-0.1, -0.05) is 6.92 Å². The van der Waals surface area contributed by atoms with Crippen LogP contribution in [0.25, 0.3) is 0 Å². The van der Waals surface area contributed by atoms with E-state index in [4.69, 9.17) is 0 Å². The van der Waals surface area contributed by atoms with E-state index in [1.807, 2.05) is 20.0 Å². The van der Waals surface area contributed by atoms with Gasteiger partial charge in [0.05, 0.1) is 34.9 Å². The fourth-order valence-corrected chi connectivity index (χ4v) is 5.21. The van der Waals surface area contributed by atoms with Crippen LogP contribution < -0.4 is 0 Å². The van der Waals surface area contributed by atoms with Gasteiger partial charge < -0.3 is 4.90 Å². The molecule has 9 heteroatoms. The summed E-state index contributed by atoms with van der Waals surface area (Å²) in [7, 11) is -3.17. The molecule has 2 aromatic heterocycles. The number of hydrogen-bond donors (Lipinski definition) is 0. The Bertz CT molecular complexity index is 841. The molecule has 3 rings (SSSR count). The lowest BCUT2D eigenvalue weighted by Crippen LogP contribution is -2.46. The Kier molecular flexibility index (Phi) is 4.73. The van der Waals surface area contributed by atoms with Crippen LogP contribution in [0.15, 0.2) is 17.9 Å². The predicted molar refractivity (Wildman–Crippen MR) is 91.8 cm³/mol. The van der Waals surface area contributed by atoms with Crippen molar-refractivity contribution in [1.29, 1.82) is 0 Å². The average Bonchev–Trinajstić information content (AvgIpc) is 3.22. The summed E-state index contributed by atoms with van der Waals surface area (Å²) < 4.78 is 26.0. The maximum atomic E-state index is 13.0. The van der Waals surface area contributed by atoms with Crippen molar-refractivity contribution in [3.63, 3.8) is 0 Å². The number of sulfone groups is 1. The van der Waals surface area contributed by atoms with Crippen molar-refractivity contribution in [1.82, 2.24) is 19.7 Å². The molecule has 24 heavy (non-hydrogen) atoms. The molecule has 3 heterocycles. The molecule has 0 aliphatic carbocycles. The third kappa shape index (κ3) is 3.23. The number of rotatable bonds is 4. The SMILES string of the molecule is CCc1ncsc1C(=O)N1CCS(=O)(=O)CC1c1cnn(CC)c1. The number of thiazole rings is 1. The summed E-state index contributed by atoms with van der Waals surface area (Å²) in [5, 5.41) is 4.22. The molecule has 1 unspecified atom stereocenters. The highest BCUT2D eigenvalue weighted by molar-refractivity contribution is 7.91. The molecule has 130 valence electrons. The first-order valence-corrected chi connectivity index (χ1v) is 10.6. The largest absolute Gasteiger partial charge is 0.329 e. The number of aryl methyl sites for hydroxylation is 2. The summed E-state index contributed by atoms with van der Waals surface area (Å²) in [6.07, 6.45) is 4.15. The van der Waals surface area contributed by atoms with Crippen molar-refractivity contribution < 1.29 is 13.2 Å². The Morgan fingerprint density at radius 3 is 2.88 bits per heavy atom. The number of hydrogen-bond acceptors (Lipinski definition) is 6. The van der Waals surface area contributed by atoms with Crippen molar-refractivity contribution in [2.24, 2.45) is 0 Å². The van der Waals surface area contributed by atoms with Crippen LogP contribution in [0.2, 0.25) is 0 Å². The van der Waals surface area contributed by atoms with Crippen molar-refractivity contribution in [3.8, 4) is 0 Å². The summed E-state index contributed by atoms with van der Waals surface area (Å²) in [6.45, 7) is 4.81. The molecular weight excluding hydrogens is 348 g/mol. The molecular formula is C15H20N4O3S2. The van der Waals surface area contributed by atoms with Gasteiger partial charge in [0.1, 0.15) is 4.88 Å². The normalized spacial score (nSPS) is 20.2. The summed E-state index contributed by atoms with van der Waals surface area (Å²) in [5.41, 5.74) is 3.19. The summed E-state index contributed by atoms with van der Waals surface area (Å²) in [5.74, 6) is -0.204. The van der Waals surface area contributed by atoms with Gasteiger partial charge in [-0.25, -0.2) is 13.4 Å². The molecule has 7 nitrogen and oxygen atoms in total. The second-order valence-corrected chi connectivity index (χ2v) is 8.82. The molecule has 1 saturated heterocycles. The van der Waals surface area contributed by atoms with Crippen molar-refractivity contribution >= 4 is 27.1 Å². The molecule has 1 aliphatic heterocycles. The van der Waals surface area contributed by atoms with Gasteiger partial charge in [-0.05, 0) is 13.3 Å². The zero-order chi connectivity index (χ0) is 17.3. The molecule has 1 fully saturated rings. The lowest BCUT2D eigenvalue weighted by molar-refractivity contribution is 0.0701. The maximum Gasteiger partial charge on any atom is 0.266 e. The van der Waals surface area contributed by atoms with Crippen LogP contribution in [0.5, 0.6) is 0 Å². The molecule has 1 atom stereocenters. The lowest BCUT2D eigenvalue weighted by Gasteiger charge is -2.34. The van der Waals surface area contributed by atoms with E-state index in [1.54, 1.807) is 21.3 Å². The molecule has 0 aromatic carbocycles. The highest BCUT2D eigenvalue weighted by atomic mass is 32.2. The third-order valence-electron chi connectivity index (χ3n) is 4.22. The Morgan fingerprint density at radius 2 is 2.21 bits per heavy atom. The van der Waals surface area contributed by atoms with Crippen LogP contribution in [0.4, 0.5) is 0 Å². The quantitative estimate of drug-likeness (QED) is 0.817. The first-order chi connectivity index (χ1) is 11.4. The van der Waals surface area contributed by atoms with E-state index < -0.39 is 15.9 Å². The summed E-state index contributed by atoms with van der Waals surface area (Å²) >= 11 is 1.31. The van der Waals surface area contributed by atoms with Crippen LogP contribution in [-0.4, -0.2) is 52.0 Å². The van der Waals surface area contributed by atoms with Gasteiger partial charge in [-0.15, -0.1) is 11.3 Å². The van der Waals surface area contributed by atoms with Crippen LogP contribution in [-0.2, 0) is 22.8 Å². The Balaban J connectivity index is 1.96. The Hall–Kier alpha value is -1.74. The molecule has 1 amide bonds. The van der Waals surface area contributed by atoms with Crippen LogP contribution in [0.1, 0.15) is 40.8 Å². The minimum Gasteiger partial charge on any atom is -0.329 e. The van der Waals surface area contributed by atoms with Crippen LogP contribution >= 0.6 is 11.3 Å². The van der Waals surface area contributed by atoms with Crippen molar-refractivity contribution in [3.05, 3.63) is 34.0 Å². The van der Waals surface area contributed by atoms with Gasteiger partial charge in [-0.3, -0.25) is 9.48 Å². The molecule has 0 saturated carbocycles. The third-order valence-corrected chi connectivity index (χ3v) is 6.71. The Labute approximate surface area is 145 Å². The van der Waals surface area contributed by atoms with E-state index in [2.05, 4.69) is 10.1 Å². The van der Waals surface area contributed by atoms with Gasteiger partial charge in [0.25, 0.3) is 5.91 Å². The van der Waals surface area contributed by atoms with E-state index in [0.717, 1.165) is 11.3 Å². The van der Waals surface area contributed by atoms with Gasteiger partial charge in [0.15, 0.2) is 9.84 Å². The smallest absolute Gasteiger partial charge is 0.266 e. The monoisotopic (exact) mass is 368 g/mol. The minimum atomic E-state index is -3.17. The molecule has 0 bridgehead atoms. The molecule has 0 spiro atoms. The van der Waals surface area contributed by atoms with E-state index in [-0.39, 0.29) is 24.0 Å². The first kappa shape index (κ1) is 17.1. The highest BCUT2D eigenvalue weighted by Crippen LogP contribution is 2.29. The average molecular weight is 368 g/mol. The molecule has 1 aliphatic rings. The van der Waals surface area contributed by atoms with E-state index in [1.165, 1.54) is 11.3 Å². The topological polar surface area (TPSA) is 85.2 Å². The van der Waals surface area contributed by atoms with Gasteiger partial charge >= 0.3 is 0 Å². The number of nitrogens with zero attached hydrogens (tertiary/aromatic N) is 4. The van der Waals surface area contributed by atoms with Crippen LogP contribution in [0.3, 0.4) is 0 Å². The van der Waals surface area contributed by atoms with Crippen LogP contribution in [0, 0.1) is 0 Å². The zero-order valence-electron chi connectivity index (χ0n) is 13.7. The van der Waals surface area contributed by atoms with Gasteiger partial charge in [0, 0.05) is 24.8 Å². The highest BCUT2D eigenvalue weighted by Gasteiger charge is 2.37. The van der Waals surface area contributed by atoms with E-state index in [0.29, 0.717) is 17.8 Å². The maximum absolute atomic E-state index is 13.0. The van der Waals surface area contributed by atoms with Crippen molar-refractivity contribution in [2.45, 2.75) is 32.9 Å². The zero-order valence-corrected chi connectivity index (χ0v) is 15.3. The Morgan fingerprint density at radius 1 is 1.42 bits per heavy atom. The molecule has 2 aromatic rings. The minimum absolute atomic E-state index is 0.00256. The van der Waals surface area contributed by atoms with Crippen molar-refractivity contribution in [2.75, 3.05) is 18.1 Å². The van der Waals surface area contributed by atoms with E-state index >= 15 is 0 Å². The summed E-state index contributed by atoms with van der Waals surface area (Å²) in [6, 6.07) is -0.497. The predicted octanol–water partition coefficient (Wildman–Crippen LogP) is 1.53. The molecule has 0 radical (unpaired) electrons. The number of amides is 1. The van der Waals surface area contributed by atoms with Gasteiger partial charge in [-0.2, -0.15) is 5.10 Å². The first-order valence-electron chi connectivity index (χ1n) is 7.91. The second kappa shape index (κ2) is 6.64. The number of aromatic nitrogens is 3. The number of carbonyl (C=O) groups is 1. The number of carbonyl (C=O) groups excluding carboxylic acids is 1. The lowest BCUT2D eigenvalue weighted by atomic mass is 10.1. The van der Waals surface area contributed by atoms with Gasteiger partial charge in [0.2, 0.25) is 0 Å². The second-order valence-electron chi connectivity index (χ2n) is 5.74. The standard InChI is InChI=1S/C15H20N4O3S2/c1-3-12-14(23-10-16-12)15(20)19-5-6-24(21,22)9-13(19)11-7-17-18(4-2)8-11/h7-8,10,13H,3-6,9H2,1-2H3. The van der Waals surface area contributed by atoms with E-state index in [9.17, 15) is 13.2 Å². The molecule has 0 N–H and O–H groups in total.